The molecule has 0 aliphatic carbocycles. The maximum atomic E-state index is 13.1. The van der Waals surface area contributed by atoms with Crippen LogP contribution >= 0.6 is 0 Å². The first kappa shape index (κ1) is 32.6. The third-order valence-electron chi connectivity index (χ3n) is 5.94. The SMILES string of the molecule is CCCCN(C)C(=O)C(CCCCNC(=O)OCCCCO[N+](=O)[O-])NC(CCc1ccccc1)C(=O)O. The molecule has 0 radical (unpaired) electrons. The van der Waals surface area contributed by atoms with E-state index in [9.17, 15) is 29.6 Å². The maximum absolute atomic E-state index is 13.1. The van der Waals surface area contributed by atoms with E-state index in [1.165, 1.54) is 0 Å². The molecule has 214 valence electrons. The quantitative estimate of drug-likeness (QED) is 0.121. The number of alkyl carbamates (subject to hydrolysis) is 1. The van der Waals surface area contributed by atoms with Crippen LogP contribution in [0.5, 0.6) is 0 Å². The number of ether oxygens (including phenoxy) is 1. The number of likely N-dealkylation sites (N-methyl/N-ethyl adjacent to an activating group) is 1. The van der Waals surface area contributed by atoms with Gasteiger partial charge >= 0.3 is 12.1 Å². The van der Waals surface area contributed by atoms with Gasteiger partial charge in [-0.1, -0.05) is 43.7 Å². The van der Waals surface area contributed by atoms with Crippen LogP contribution in [0, 0.1) is 10.1 Å². The molecular weight excluding hydrogens is 496 g/mol. The smallest absolute Gasteiger partial charge is 0.407 e. The number of aryl methyl sites for hydroxylation is 1. The molecule has 0 aliphatic heterocycles. The van der Waals surface area contributed by atoms with Gasteiger partial charge in [0.15, 0.2) is 0 Å². The summed E-state index contributed by atoms with van der Waals surface area (Å²) in [6.45, 7) is 3.06. The summed E-state index contributed by atoms with van der Waals surface area (Å²) >= 11 is 0. The second kappa shape index (κ2) is 19.7. The topological polar surface area (TPSA) is 160 Å². The molecule has 1 aromatic carbocycles. The van der Waals surface area contributed by atoms with E-state index >= 15 is 0 Å². The van der Waals surface area contributed by atoms with Crippen LogP contribution in [0.4, 0.5) is 4.79 Å². The fourth-order valence-corrected chi connectivity index (χ4v) is 3.75. The molecule has 0 aromatic heterocycles. The Bertz CT molecular complexity index is 840. The number of carbonyl (C=O) groups excluding carboxylic acids is 2. The first-order valence-corrected chi connectivity index (χ1v) is 13.2. The summed E-state index contributed by atoms with van der Waals surface area (Å²) in [5.41, 5.74) is 1.03. The average molecular weight is 539 g/mol. The van der Waals surface area contributed by atoms with E-state index in [4.69, 9.17) is 4.74 Å². The molecule has 2 atom stereocenters. The van der Waals surface area contributed by atoms with Gasteiger partial charge in [0, 0.05) is 20.1 Å². The normalized spacial score (nSPS) is 12.3. The molecule has 3 N–H and O–H groups in total. The number of nitrogens with zero attached hydrogens (tertiary/aromatic N) is 2. The van der Waals surface area contributed by atoms with Crippen LogP contribution in [0.15, 0.2) is 30.3 Å². The number of hydrogen-bond acceptors (Lipinski definition) is 8. The van der Waals surface area contributed by atoms with Gasteiger partial charge in [0.05, 0.1) is 19.3 Å². The number of carboxylic acids is 1. The summed E-state index contributed by atoms with van der Waals surface area (Å²) in [5, 5.41) is 24.7. The fraction of sp³-hybridized carbons (Fsp3) is 0.654. The highest BCUT2D eigenvalue weighted by Gasteiger charge is 2.27. The zero-order chi connectivity index (χ0) is 28.2. The van der Waals surface area contributed by atoms with E-state index in [-0.39, 0.29) is 19.1 Å². The summed E-state index contributed by atoms with van der Waals surface area (Å²) < 4.78 is 5.01. The van der Waals surface area contributed by atoms with Gasteiger partial charge < -0.3 is 24.9 Å². The van der Waals surface area contributed by atoms with Gasteiger partial charge in [-0.3, -0.25) is 14.9 Å². The van der Waals surface area contributed by atoms with Crippen molar-refractivity contribution in [3.8, 4) is 0 Å². The van der Waals surface area contributed by atoms with E-state index in [1.54, 1.807) is 11.9 Å². The second-order valence-electron chi connectivity index (χ2n) is 9.07. The highest BCUT2D eigenvalue weighted by Crippen LogP contribution is 2.11. The fourth-order valence-electron chi connectivity index (χ4n) is 3.75. The van der Waals surface area contributed by atoms with Gasteiger partial charge in [0.25, 0.3) is 5.09 Å². The molecule has 12 heteroatoms. The molecular formula is C26H42N4O8. The van der Waals surface area contributed by atoms with Gasteiger partial charge in [0.2, 0.25) is 5.91 Å². The molecule has 1 rings (SSSR count). The molecule has 0 saturated heterocycles. The number of nitrogens with one attached hydrogen (secondary N) is 2. The van der Waals surface area contributed by atoms with Gasteiger partial charge in [0.1, 0.15) is 6.04 Å². The zero-order valence-corrected chi connectivity index (χ0v) is 22.4. The molecule has 2 unspecified atom stereocenters. The largest absolute Gasteiger partial charge is 0.480 e. The van der Waals surface area contributed by atoms with E-state index < -0.39 is 29.2 Å². The van der Waals surface area contributed by atoms with Crippen LogP contribution < -0.4 is 10.6 Å². The molecule has 38 heavy (non-hydrogen) atoms. The standard InChI is InChI=1S/C26H42N4O8/c1-3-4-18-29(2)24(31)22(28-23(25(32)33)16-15-21-12-6-5-7-13-21)14-8-9-17-27-26(34)37-19-10-11-20-38-30(35)36/h5-7,12-13,22-23,28H,3-4,8-11,14-20H2,1-2H3,(H,27,34)(H,32,33). The number of carbonyl (C=O) groups is 3. The van der Waals surface area contributed by atoms with Crippen molar-refractivity contribution in [1.29, 1.82) is 0 Å². The van der Waals surface area contributed by atoms with Gasteiger partial charge in [-0.15, -0.1) is 10.1 Å². The molecule has 12 nitrogen and oxygen atoms in total. The highest BCUT2D eigenvalue weighted by molar-refractivity contribution is 5.83. The average Bonchev–Trinajstić information content (AvgIpc) is 2.90. The molecule has 0 saturated carbocycles. The summed E-state index contributed by atoms with van der Waals surface area (Å²) in [6.07, 6.45) is 4.59. The highest BCUT2D eigenvalue weighted by atomic mass is 16.9. The van der Waals surface area contributed by atoms with Gasteiger partial charge in [-0.25, -0.2) is 4.79 Å². The van der Waals surface area contributed by atoms with E-state index in [0.717, 1.165) is 18.4 Å². The lowest BCUT2D eigenvalue weighted by molar-refractivity contribution is -0.757. The molecule has 1 aromatic rings. The number of unbranched alkanes of at least 4 members (excludes halogenated alkanes) is 3. The van der Waals surface area contributed by atoms with Crippen molar-refractivity contribution in [2.45, 2.75) is 76.8 Å². The van der Waals surface area contributed by atoms with Gasteiger partial charge in [-0.05, 0) is 56.9 Å². The lowest BCUT2D eigenvalue weighted by Gasteiger charge is -2.27. The van der Waals surface area contributed by atoms with E-state index in [1.807, 2.05) is 37.3 Å². The number of amides is 2. The Morgan fingerprint density at radius 1 is 1.03 bits per heavy atom. The number of rotatable bonds is 21. The summed E-state index contributed by atoms with van der Waals surface area (Å²) in [4.78, 5) is 52.7. The Balaban J connectivity index is 2.52. The van der Waals surface area contributed by atoms with Crippen LogP contribution in [0.25, 0.3) is 0 Å². The number of carboxylic acid groups (broad SMARTS) is 1. The Hall–Kier alpha value is -3.41. The van der Waals surface area contributed by atoms with Crippen LogP contribution in [0.1, 0.15) is 63.9 Å². The zero-order valence-electron chi connectivity index (χ0n) is 22.4. The first-order chi connectivity index (χ1) is 18.2. The molecule has 0 aliphatic rings. The van der Waals surface area contributed by atoms with Crippen molar-refractivity contribution in [3.63, 3.8) is 0 Å². The Labute approximate surface area is 224 Å². The van der Waals surface area contributed by atoms with Crippen molar-refractivity contribution in [1.82, 2.24) is 15.5 Å². The molecule has 0 fully saturated rings. The van der Waals surface area contributed by atoms with Crippen molar-refractivity contribution >= 4 is 18.0 Å². The molecule has 2 amide bonds. The molecule has 0 heterocycles. The van der Waals surface area contributed by atoms with Crippen molar-refractivity contribution in [2.75, 3.05) is 33.4 Å². The number of benzene rings is 1. The van der Waals surface area contributed by atoms with E-state index in [0.29, 0.717) is 58.0 Å². The maximum Gasteiger partial charge on any atom is 0.407 e. The van der Waals surface area contributed by atoms with E-state index in [2.05, 4.69) is 15.5 Å². The predicted molar refractivity (Wildman–Crippen MR) is 141 cm³/mol. The van der Waals surface area contributed by atoms with Crippen LogP contribution in [-0.4, -0.2) is 78.5 Å². The lowest BCUT2D eigenvalue weighted by Crippen LogP contribution is -2.51. The van der Waals surface area contributed by atoms with Crippen LogP contribution in [0.2, 0.25) is 0 Å². The van der Waals surface area contributed by atoms with Crippen molar-refractivity contribution in [2.24, 2.45) is 0 Å². The number of aliphatic carboxylic acids is 1. The van der Waals surface area contributed by atoms with Crippen molar-refractivity contribution in [3.05, 3.63) is 46.0 Å². The molecule has 0 bridgehead atoms. The lowest BCUT2D eigenvalue weighted by atomic mass is 10.0. The Morgan fingerprint density at radius 2 is 1.74 bits per heavy atom. The predicted octanol–water partition coefficient (Wildman–Crippen LogP) is 3.17. The van der Waals surface area contributed by atoms with Crippen molar-refractivity contribution < 1.29 is 34.2 Å². The molecule has 0 spiro atoms. The minimum absolute atomic E-state index is 0.0471. The van der Waals surface area contributed by atoms with Crippen LogP contribution in [0.3, 0.4) is 0 Å². The summed E-state index contributed by atoms with van der Waals surface area (Å²) in [7, 11) is 1.73. The van der Waals surface area contributed by atoms with Crippen LogP contribution in [-0.2, 0) is 25.6 Å². The minimum atomic E-state index is -0.996. The van der Waals surface area contributed by atoms with Gasteiger partial charge in [-0.2, -0.15) is 0 Å². The first-order valence-electron chi connectivity index (χ1n) is 13.2. The Morgan fingerprint density at radius 3 is 2.39 bits per heavy atom. The minimum Gasteiger partial charge on any atom is -0.480 e. The third-order valence-corrected chi connectivity index (χ3v) is 5.94. The second-order valence-corrected chi connectivity index (χ2v) is 9.07. The summed E-state index contributed by atoms with van der Waals surface area (Å²) in [5.74, 6) is -1.14. The summed E-state index contributed by atoms with van der Waals surface area (Å²) in [6, 6.07) is 8.10. The third kappa shape index (κ3) is 15.0. The Kier molecular flexibility index (Phi) is 16.9. The number of hydrogen-bond donors (Lipinski definition) is 3. The monoisotopic (exact) mass is 538 g/mol.